The molecule has 7 heteroatoms. The third-order valence-corrected chi connectivity index (χ3v) is 7.64. The van der Waals surface area contributed by atoms with Gasteiger partial charge in [-0.2, -0.15) is 0 Å². The quantitative estimate of drug-likeness (QED) is 0.0534. The summed E-state index contributed by atoms with van der Waals surface area (Å²) in [4.78, 5) is 27.5. The number of benzene rings is 4. The van der Waals surface area contributed by atoms with Gasteiger partial charge in [0.1, 0.15) is 0 Å². The number of carbonyl (C=O) groups is 2. The molecule has 4 aromatic carbocycles. The molecule has 0 spiro atoms. The van der Waals surface area contributed by atoms with Crippen molar-refractivity contribution in [3.8, 4) is 11.5 Å². The molecule has 0 aliphatic rings. The second kappa shape index (κ2) is 17.1. The van der Waals surface area contributed by atoms with E-state index in [1.54, 1.807) is 26.4 Å². The first kappa shape index (κ1) is 32.6. The largest absolute Gasteiger partial charge is 0.493 e. The summed E-state index contributed by atoms with van der Waals surface area (Å²) in [6.45, 7) is 2.82. The molecule has 0 saturated carbocycles. The van der Waals surface area contributed by atoms with Gasteiger partial charge in [-0.25, -0.2) is 9.59 Å². The maximum atomic E-state index is 13.1. The molecular formula is C37H43NO6. The van der Waals surface area contributed by atoms with Crippen LogP contribution in [0.3, 0.4) is 0 Å². The number of rotatable bonds is 17. The predicted octanol–water partition coefficient (Wildman–Crippen LogP) is 7.70. The number of ether oxygens (including phenoxy) is 4. The molecule has 0 unspecified atom stereocenters. The van der Waals surface area contributed by atoms with Crippen LogP contribution in [0.5, 0.6) is 11.5 Å². The number of fused-ring (bicyclic) bond motifs is 2. The monoisotopic (exact) mass is 597 g/mol. The fraction of sp³-hybridized carbons (Fsp3) is 0.351. The minimum absolute atomic E-state index is 0.255. The van der Waals surface area contributed by atoms with E-state index >= 15 is 0 Å². The summed E-state index contributed by atoms with van der Waals surface area (Å²) < 4.78 is 21.6. The van der Waals surface area contributed by atoms with Crippen molar-refractivity contribution in [2.75, 3.05) is 47.6 Å². The molecule has 7 nitrogen and oxygen atoms in total. The van der Waals surface area contributed by atoms with Gasteiger partial charge in [0, 0.05) is 6.08 Å². The van der Waals surface area contributed by atoms with E-state index < -0.39 is 0 Å². The summed E-state index contributed by atoms with van der Waals surface area (Å²) in [5.41, 5.74) is 1.48. The third kappa shape index (κ3) is 9.32. The van der Waals surface area contributed by atoms with Crippen molar-refractivity contribution in [1.82, 2.24) is 4.90 Å². The fourth-order valence-electron chi connectivity index (χ4n) is 5.25. The Morgan fingerprint density at radius 1 is 0.682 bits per heavy atom. The lowest BCUT2D eigenvalue weighted by molar-refractivity contribution is -0.137. The first-order valence-electron chi connectivity index (χ1n) is 15.3. The Hall–Kier alpha value is -4.36. The molecule has 4 aromatic rings. The maximum absolute atomic E-state index is 13.1. The van der Waals surface area contributed by atoms with Crippen molar-refractivity contribution in [2.24, 2.45) is 0 Å². The first-order chi connectivity index (χ1) is 21.5. The summed E-state index contributed by atoms with van der Waals surface area (Å²) in [6.07, 6.45) is 8.91. The first-order valence-corrected chi connectivity index (χ1v) is 15.3. The molecule has 0 saturated heterocycles. The van der Waals surface area contributed by atoms with Gasteiger partial charge in [0.15, 0.2) is 11.5 Å². The Morgan fingerprint density at radius 2 is 1.27 bits per heavy atom. The van der Waals surface area contributed by atoms with Crippen molar-refractivity contribution in [2.45, 2.75) is 38.5 Å². The molecule has 232 valence electrons. The second-order valence-corrected chi connectivity index (χ2v) is 10.9. The fourth-order valence-corrected chi connectivity index (χ4v) is 5.25. The van der Waals surface area contributed by atoms with Gasteiger partial charge in [0.2, 0.25) is 0 Å². The molecule has 0 radical (unpaired) electrons. The van der Waals surface area contributed by atoms with Crippen LogP contribution in [-0.2, 0) is 14.3 Å². The van der Waals surface area contributed by atoms with Gasteiger partial charge < -0.3 is 23.8 Å². The Balaban J connectivity index is 1.06. The number of methoxy groups -OCH3 is 2. The number of hydrogen-bond donors (Lipinski definition) is 0. The Labute approximate surface area is 260 Å². The predicted molar refractivity (Wildman–Crippen MR) is 176 cm³/mol. The molecular weight excluding hydrogens is 554 g/mol. The molecule has 0 atom stereocenters. The van der Waals surface area contributed by atoms with Crippen LogP contribution in [0.25, 0.3) is 27.6 Å². The van der Waals surface area contributed by atoms with E-state index in [9.17, 15) is 9.59 Å². The van der Waals surface area contributed by atoms with E-state index in [-0.39, 0.29) is 11.9 Å². The average molecular weight is 598 g/mol. The van der Waals surface area contributed by atoms with Crippen LogP contribution in [0.15, 0.2) is 78.9 Å². The zero-order valence-corrected chi connectivity index (χ0v) is 26.1. The van der Waals surface area contributed by atoms with E-state index in [1.807, 2.05) is 60.7 Å². The summed E-state index contributed by atoms with van der Waals surface area (Å²) in [5.74, 6) is 0.644. The van der Waals surface area contributed by atoms with E-state index in [1.165, 1.54) is 6.08 Å². The molecule has 0 N–H and O–H groups in total. The van der Waals surface area contributed by atoms with Crippen LogP contribution >= 0.6 is 0 Å². The zero-order valence-electron chi connectivity index (χ0n) is 26.1. The highest BCUT2D eigenvalue weighted by molar-refractivity contribution is 6.16. The lowest BCUT2D eigenvalue weighted by atomic mass is 9.97. The van der Waals surface area contributed by atoms with Gasteiger partial charge in [-0.15, -0.1) is 0 Å². The molecule has 0 amide bonds. The molecule has 0 aliphatic heterocycles. The van der Waals surface area contributed by atoms with Crippen molar-refractivity contribution in [1.29, 1.82) is 0 Å². The minimum atomic E-state index is -0.354. The highest BCUT2D eigenvalue weighted by Crippen LogP contribution is 2.29. The second-order valence-electron chi connectivity index (χ2n) is 10.9. The van der Waals surface area contributed by atoms with Gasteiger partial charge in [0.25, 0.3) is 0 Å². The Morgan fingerprint density at radius 3 is 1.89 bits per heavy atom. The number of unbranched alkanes of at least 4 members (excludes halogenated alkanes) is 4. The molecule has 0 heterocycles. The number of nitrogens with zero attached hydrogens (tertiary/aromatic N) is 1. The van der Waals surface area contributed by atoms with E-state index in [0.717, 1.165) is 78.7 Å². The Bertz CT molecular complexity index is 1510. The zero-order chi connectivity index (χ0) is 31.1. The van der Waals surface area contributed by atoms with Gasteiger partial charge in [-0.3, -0.25) is 0 Å². The summed E-state index contributed by atoms with van der Waals surface area (Å²) in [5, 5.41) is 3.95. The van der Waals surface area contributed by atoms with Crippen molar-refractivity contribution in [3.05, 3.63) is 90.0 Å². The standard InChI is InChI=1S/C37H43NO6/c1-38(22-10-4-12-24-43-35(39)21-19-28-18-20-33(41-2)34(26-28)42-3)23-11-5-13-25-44-37(40)36-31-16-8-6-14-29(31)27-30-15-7-9-17-32(30)36/h6-9,14-21,26-27H,4-5,10-13,22-25H2,1-3H3/b21-19+. The highest BCUT2D eigenvalue weighted by atomic mass is 16.5. The molecule has 44 heavy (non-hydrogen) atoms. The summed E-state index contributed by atoms with van der Waals surface area (Å²) in [7, 11) is 5.29. The van der Waals surface area contributed by atoms with Crippen LogP contribution < -0.4 is 9.47 Å². The number of carbonyl (C=O) groups excluding carboxylic acids is 2. The lowest BCUT2D eigenvalue weighted by Gasteiger charge is -2.16. The van der Waals surface area contributed by atoms with Gasteiger partial charge in [0.05, 0.1) is 33.0 Å². The average Bonchev–Trinajstić information content (AvgIpc) is 3.05. The van der Waals surface area contributed by atoms with Crippen molar-refractivity contribution >= 4 is 39.6 Å². The summed E-state index contributed by atoms with van der Waals surface area (Å²) >= 11 is 0. The van der Waals surface area contributed by atoms with Crippen LogP contribution in [0.2, 0.25) is 0 Å². The maximum Gasteiger partial charge on any atom is 0.339 e. The minimum Gasteiger partial charge on any atom is -0.493 e. The van der Waals surface area contributed by atoms with E-state index in [2.05, 4.69) is 18.0 Å². The molecule has 0 fully saturated rings. The molecule has 0 bridgehead atoms. The lowest BCUT2D eigenvalue weighted by Crippen LogP contribution is -2.21. The highest BCUT2D eigenvalue weighted by Gasteiger charge is 2.16. The topological polar surface area (TPSA) is 74.3 Å². The van der Waals surface area contributed by atoms with E-state index in [4.69, 9.17) is 18.9 Å². The van der Waals surface area contributed by atoms with E-state index in [0.29, 0.717) is 30.3 Å². The molecule has 0 aromatic heterocycles. The Kier molecular flexibility index (Phi) is 12.6. The third-order valence-electron chi connectivity index (χ3n) is 7.64. The number of esters is 2. The van der Waals surface area contributed by atoms with Gasteiger partial charge in [-0.1, -0.05) is 54.6 Å². The normalized spacial score (nSPS) is 11.4. The van der Waals surface area contributed by atoms with Gasteiger partial charge in [-0.05, 0) is 110 Å². The van der Waals surface area contributed by atoms with Crippen LogP contribution in [-0.4, -0.2) is 64.4 Å². The molecule has 0 aliphatic carbocycles. The van der Waals surface area contributed by atoms with Crippen LogP contribution in [0.1, 0.15) is 54.4 Å². The van der Waals surface area contributed by atoms with Crippen molar-refractivity contribution < 1.29 is 28.5 Å². The van der Waals surface area contributed by atoms with Gasteiger partial charge >= 0.3 is 11.9 Å². The summed E-state index contributed by atoms with van der Waals surface area (Å²) in [6, 6.07) is 23.5. The van der Waals surface area contributed by atoms with Crippen LogP contribution in [0, 0.1) is 0 Å². The smallest absolute Gasteiger partial charge is 0.339 e. The SMILES string of the molecule is COc1ccc(/C=C/C(=O)OCCCCCN(C)CCCCCOC(=O)c2c3ccccc3cc3ccccc23)cc1OC. The molecule has 4 rings (SSSR count). The number of hydrogen-bond acceptors (Lipinski definition) is 7. The van der Waals surface area contributed by atoms with Crippen molar-refractivity contribution in [3.63, 3.8) is 0 Å². The van der Waals surface area contributed by atoms with Crippen LogP contribution in [0.4, 0.5) is 0 Å².